The molecule has 0 aromatic heterocycles. The Labute approximate surface area is 131 Å². The van der Waals surface area contributed by atoms with Crippen LogP contribution in [0.4, 0.5) is 0 Å². The average molecular weight is 393 g/mol. The van der Waals surface area contributed by atoms with Crippen molar-refractivity contribution >= 4 is 31.9 Å². The van der Waals surface area contributed by atoms with Crippen LogP contribution in [0.15, 0.2) is 27.1 Å². The molecule has 1 aliphatic rings. The van der Waals surface area contributed by atoms with Crippen LogP contribution in [-0.2, 0) is 9.47 Å². The molecule has 0 spiro atoms. The maximum atomic E-state index is 5.63. The summed E-state index contributed by atoms with van der Waals surface area (Å²) in [5.41, 5.74) is 1.07. The highest BCUT2D eigenvalue weighted by Gasteiger charge is 2.35. The molecule has 106 valence electrons. The van der Waals surface area contributed by atoms with Crippen molar-refractivity contribution in [1.29, 1.82) is 0 Å². The number of halogens is 2. The minimum absolute atomic E-state index is 0.171. The van der Waals surface area contributed by atoms with Crippen LogP contribution in [-0.4, -0.2) is 32.5 Å². The summed E-state index contributed by atoms with van der Waals surface area (Å²) in [5, 5.41) is 3.54. The van der Waals surface area contributed by atoms with Gasteiger partial charge in [0, 0.05) is 41.7 Å². The van der Waals surface area contributed by atoms with E-state index in [1.54, 1.807) is 7.11 Å². The molecule has 19 heavy (non-hydrogen) atoms. The Bertz CT molecular complexity index is 433. The van der Waals surface area contributed by atoms with Gasteiger partial charge in [0.15, 0.2) is 0 Å². The van der Waals surface area contributed by atoms with Crippen molar-refractivity contribution < 1.29 is 9.47 Å². The maximum absolute atomic E-state index is 5.63. The fraction of sp³-hybridized carbons (Fsp3) is 0.571. The zero-order valence-corrected chi connectivity index (χ0v) is 14.4. The fourth-order valence-corrected chi connectivity index (χ4v) is 3.65. The lowest BCUT2D eigenvalue weighted by Gasteiger charge is -2.28. The van der Waals surface area contributed by atoms with Crippen molar-refractivity contribution in [1.82, 2.24) is 5.32 Å². The van der Waals surface area contributed by atoms with Gasteiger partial charge in [-0.2, -0.15) is 0 Å². The molecule has 0 bridgehead atoms. The summed E-state index contributed by atoms with van der Waals surface area (Å²) in [6.45, 7) is 4.41. The highest BCUT2D eigenvalue weighted by molar-refractivity contribution is 9.11. The van der Waals surface area contributed by atoms with Crippen LogP contribution in [0, 0.1) is 0 Å². The second kappa shape index (κ2) is 6.68. The first-order valence-electron chi connectivity index (χ1n) is 6.37. The maximum Gasteiger partial charge on any atom is 0.106 e. The van der Waals surface area contributed by atoms with E-state index in [-0.39, 0.29) is 11.6 Å². The topological polar surface area (TPSA) is 30.5 Å². The van der Waals surface area contributed by atoms with Gasteiger partial charge in [0.1, 0.15) is 5.60 Å². The highest BCUT2D eigenvalue weighted by atomic mass is 79.9. The molecular formula is C14H19Br2NO2. The molecular weight excluding hydrogens is 374 g/mol. The second-order valence-electron chi connectivity index (χ2n) is 4.96. The minimum atomic E-state index is -0.171. The smallest absolute Gasteiger partial charge is 0.106 e. The summed E-state index contributed by atoms with van der Waals surface area (Å²) in [5.74, 6) is 0. The third-order valence-corrected chi connectivity index (χ3v) is 4.84. The molecule has 2 unspecified atom stereocenters. The molecule has 1 saturated heterocycles. The number of benzene rings is 1. The molecule has 0 amide bonds. The van der Waals surface area contributed by atoms with Gasteiger partial charge in [-0.3, -0.25) is 0 Å². The lowest BCUT2D eigenvalue weighted by molar-refractivity contribution is -0.0172. The third-order valence-electron chi connectivity index (χ3n) is 3.66. The van der Waals surface area contributed by atoms with E-state index < -0.39 is 0 Å². The number of ether oxygens (including phenoxy) is 2. The van der Waals surface area contributed by atoms with Gasteiger partial charge in [-0.25, -0.2) is 0 Å². The summed E-state index contributed by atoms with van der Waals surface area (Å²) < 4.78 is 13.3. The monoisotopic (exact) mass is 391 g/mol. The average Bonchev–Trinajstić information content (AvgIpc) is 2.85. The molecule has 0 aliphatic carbocycles. The highest BCUT2D eigenvalue weighted by Crippen LogP contribution is 2.28. The summed E-state index contributed by atoms with van der Waals surface area (Å²) in [7, 11) is 1.76. The van der Waals surface area contributed by atoms with Crippen molar-refractivity contribution in [2.24, 2.45) is 0 Å². The molecule has 1 N–H and O–H groups in total. The van der Waals surface area contributed by atoms with Crippen LogP contribution in [0.2, 0.25) is 0 Å². The molecule has 1 aromatic carbocycles. The number of hydrogen-bond acceptors (Lipinski definition) is 3. The van der Waals surface area contributed by atoms with Crippen molar-refractivity contribution in [3.05, 3.63) is 32.7 Å². The molecule has 1 fully saturated rings. The Morgan fingerprint density at radius 3 is 2.84 bits per heavy atom. The molecule has 2 rings (SSSR count). The van der Waals surface area contributed by atoms with E-state index in [4.69, 9.17) is 9.47 Å². The molecule has 5 heteroatoms. The number of nitrogens with one attached hydrogen (secondary N) is 1. The molecule has 3 nitrogen and oxygen atoms in total. The van der Waals surface area contributed by atoms with Crippen LogP contribution in [0.5, 0.6) is 0 Å². The Morgan fingerprint density at radius 2 is 2.26 bits per heavy atom. The predicted molar refractivity (Wildman–Crippen MR) is 83.4 cm³/mol. The molecule has 1 aliphatic heterocycles. The van der Waals surface area contributed by atoms with Crippen molar-refractivity contribution in [2.75, 3.05) is 26.9 Å². The molecule has 0 saturated carbocycles. The van der Waals surface area contributed by atoms with Gasteiger partial charge in [-0.1, -0.05) is 37.9 Å². The van der Waals surface area contributed by atoms with Crippen molar-refractivity contribution in [3.8, 4) is 0 Å². The Morgan fingerprint density at radius 1 is 1.47 bits per heavy atom. The van der Waals surface area contributed by atoms with Crippen LogP contribution in [0.1, 0.15) is 24.9 Å². The second-order valence-corrected chi connectivity index (χ2v) is 6.73. The van der Waals surface area contributed by atoms with Crippen LogP contribution in [0.25, 0.3) is 0 Å². The summed E-state index contributed by atoms with van der Waals surface area (Å²) in [6, 6.07) is 6.51. The van der Waals surface area contributed by atoms with Gasteiger partial charge in [-0.05, 0) is 24.6 Å². The van der Waals surface area contributed by atoms with Crippen LogP contribution in [0.3, 0.4) is 0 Å². The zero-order valence-electron chi connectivity index (χ0n) is 11.2. The summed E-state index contributed by atoms with van der Waals surface area (Å²) >= 11 is 7.08. The van der Waals surface area contributed by atoms with Gasteiger partial charge < -0.3 is 14.8 Å². The summed E-state index contributed by atoms with van der Waals surface area (Å²) in [4.78, 5) is 0. The van der Waals surface area contributed by atoms with Crippen molar-refractivity contribution in [2.45, 2.75) is 25.0 Å². The van der Waals surface area contributed by atoms with Gasteiger partial charge >= 0.3 is 0 Å². The lowest BCUT2D eigenvalue weighted by atomic mass is 10.0. The Balaban J connectivity index is 1.99. The minimum Gasteiger partial charge on any atom is -0.378 e. The number of methoxy groups -OCH3 is 1. The summed E-state index contributed by atoms with van der Waals surface area (Å²) in [6.07, 6.45) is 0.949. The van der Waals surface area contributed by atoms with E-state index >= 15 is 0 Å². The quantitative estimate of drug-likeness (QED) is 0.829. The first-order valence-corrected chi connectivity index (χ1v) is 7.96. The first kappa shape index (κ1) is 15.4. The van der Waals surface area contributed by atoms with E-state index in [1.807, 2.05) is 0 Å². The van der Waals surface area contributed by atoms with E-state index in [9.17, 15) is 0 Å². The van der Waals surface area contributed by atoms with Gasteiger partial charge in [0.2, 0.25) is 0 Å². The fourth-order valence-electron chi connectivity index (χ4n) is 2.26. The Hall–Kier alpha value is 0.0600. The van der Waals surface area contributed by atoms with E-state index in [0.29, 0.717) is 6.61 Å². The third kappa shape index (κ3) is 3.79. The SMILES string of the molecule is COC1(CNC(C)c2ccc(Br)cc2Br)CCOC1. The number of rotatable bonds is 5. The first-order chi connectivity index (χ1) is 9.06. The van der Waals surface area contributed by atoms with Gasteiger partial charge in [0.05, 0.1) is 6.61 Å². The lowest BCUT2D eigenvalue weighted by Crippen LogP contribution is -2.43. The van der Waals surface area contributed by atoms with Gasteiger partial charge in [-0.15, -0.1) is 0 Å². The number of hydrogen-bond donors (Lipinski definition) is 1. The largest absolute Gasteiger partial charge is 0.378 e. The van der Waals surface area contributed by atoms with Gasteiger partial charge in [0.25, 0.3) is 0 Å². The van der Waals surface area contributed by atoms with Crippen LogP contribution < -0.4 is 5.32 Å². The Kier molecular flexibility index (Phi) is 5.43. The molecule has 0 radical (unpaired) electrons. The van der Waals surface area contributed by atoms with Crippen molar-refractivity contribution in [3.63, 3.8) is 0 Å². The van der Waals surface area contributed by atoms with E-state index in [2.05, 4.69) is 62.3 Å². The standard InChI is InChI=1S/C14H19Br2NO2/c1-10(12-4-3-11(15)7-13(12)16)17-8-14(18-2)5-6-19-9-14/h3-4,7,10,17H,5-6,8-9H2,1-2H3. The molecule has 2 atom stereocenters. The van der Waals surface area contributed by atoms with E-state index in [0.717, 1.165) is 28.5 Å². The van der Waals surface area contributed by atoms with E-state index in [1.165, 1.54) is 5.56 Å². The molecule has 1 aromatic rings. The molecule has 1 heterocycles. The zero-order chi connectivity index (χ0) is 13.9. The predicted octanol–water partition coefficient (Wildman–Crippen LogP) is 3.67. The van der Waals surface area contributed by atoms with Crippen LogP contribution >= 0.6 is 31.9 Å². The normalized spacial score (nSPS) is 24.6.